The minimum absolute atomic E-state index is 0.0497. The molecule has 4 nitrogen and oxygen atoms in total. The van der Waals surface area contributed by atoms with Crippen molar-refractivity contribution in [3.8, 4) is 0 Å². The monoisotopic (exact) mass is 331 g/mol. The van der Waals surface area contributed by atoms with Gasteiger partial charge in [0.05, 0.1) is 12.9 Å². The van der Waals surface area contributed by atoms with Crippen LogP contribution in [0.4, 0.5) is 8.78 Å². The number of benzene rings is 1. The number of carbonyl (C=O) groups is 2. The fourth-order valence-electron chi connectivity index (χ4n) is 1.79. The van der Waals surface area contributed by atoms with Gasteiger partial charge in [-0.2, -0.15) is 0 Å². The maximum atomic E-state index is 13.4. The summed E-state index contributed by atoms with van der Waals surface area (Å²) >= 11 is 0.870. The van der Waals surface area contributed by atoms with Crippen LogP contribution >= 0.6 is 11.8 Å². The summed E-state index contributed by atoms with van der Waals surface area (Å²) in [6, 6.07) is 2.30. The van der Waals surface area contributed by atoms with Crippen molar-refractivity contribution in [1.29, 1.82) is 0 Å². The molecule has 0 unspecified atom stereocenters. The number of amides is 1. The van der Waals surface area contributed by atoms with E-state index >= 15 is 0 Å². The lowest BCUT2D eigenvalue weighted by Crippen LogP contribution is -2.43. The maximum absolute atomic E-state index is 13.4. The van der Waals surface area contributed by atoms with Crippen molar-refractivity contribution >= 4 is 23.6 Å². The second-order valence-corrected chi connectivity index (χ2v) is 6.15. The highest BCUT2D eigenvalue weighted by atomic mass is 32.2. The van der Waals surface area contributed by atoms with E-state index in [0.29, 0.717) is 6.42 Å². The zero-order valence-corrected chi connectivity index (χ0v) is 13.5. The number of ether oxygens (including phenoxy) is 1. The number of thioether (sulfide) groups is 1. The molecule has 0 aromatic heterocycles. The molecule has 122 valence electrons. The minimum atomic E-state index is -0.740. The van der Waals surface area contributed by atoms with Gasteiger partial charge < -0.3 is 10.1 Å². The minimum Gasteiger partial charge on any atom is -0.467 e. The quantitative estimate of drug-likeness (QED) is 0.617. The molecule has 1 rings (SSSR count). The van der Waals surface area contributed by atoms with Crippen LogP contribution < -0.4 is 5.32 Å². The van der Waals surface area contributed by atoms with Gasteiger partial charge in [0.2, 0.25) is 5.91 Å². The molecule has 1 amide bonds. The Labute approximate surface area is 132 Å². The van der Waals surface area contributed by atoms with E-state index in [0.717, 1.165) is 30.0 Å². The van der Waals surface area contributed by atoms with Gasteiger partial charge >= 0.3 is 5.97 Å². The average Bonchev–Trinajstić information content (AvgIpc) is 2.46. The molecular formula is C15H19F2NO3S. The molecule has 0 spiro atoms. The molecule has 1 N–H and O–H groups in total. The lowest BCUT2D eigenvalue weighted by atomic mass is 10.0. The molecule has 1 aromatic rings. The Morgan fingerprint density at radius 1 is 1.32 bits per heavy atom. The predicted octanol–water partition coefficient (Wildman–Crippen LogP) is 2.76. The zero-order chi connectivity index (χ0) is 16.7. The zero-order valence-electron chi connectivity index (χ0n) is 12.7. The standard InChI is InChI=1S/C15H19F2NO3S/c1-9(2)6-12(15(20)21-3)18-14(19)8-22-13-7-10(16)4-5-11(13)17/h4-5,7,9,12H,6,8H2,1-3H3,(H,18,19)/t12-/m0/s1. The third kappa shape index (κ3) is 6.01. The van der Waals surface area contributed by atoms with E-state index in [1.807, 2.05) is 13.8 Å². The number of esters is 1. The van der Waals surface area contributed by atoms with Gasteiger partial charge in [-0.1, -0.05) is 13.8 Å². The lowest BCUT2D eigenvalue weighted by molar-refractivity contribution is -0.145. The molecule has 0 heterocycles. The van der Waals surface area contributed by atoms with Crippen LogP contribution in [-0.2, 0) is 14.3 Å². The van der Waals surface area contributed by atoms with E-state index in [1.54, 1.807) is 0 Å². The topological polar surface area (TPSA) is 55.4 Å². The number of methoxy groups -OCH3 is 1. The number of rotatable bonds is 7. The van der Waals surface area contributed by atoms with Crippen molar-refractivity contribution in [3.63, 3.8) is 0 Å². The molecule has 1 atom stereocenters. The molecule has 0 aliphatic heterocycles. The molecule has 7 heteroatoms. The van der Waals surface area contributed by atoms with Crippen LogP contribution in [0.1, 0.15) is 20.3 Å². The van der Waals surface area contributed by atoms with Gasteiger partial charge in [-0.25, -0.2) is 13.6 Å². The second-order valence-electron chi connectivity index (χ2n) is 5.14. The Morgan fingerprint density at radius 2 is 2.00 bits per heavy atom. The normalized spacial score (nSPS) is 12.1. The van der Waals surface area contributed by atoms with Gasteiger partial charge in [0.25, 0.3) is 0 Å². The van der Waals surface area contributed by atoms with Crippen LogP contribution in [0.25, 0.3) is 0 Å². The van der Waals surface area contributed by atoms with Crippen molar-refractivity contribution < 1.29 is 23.1 Å². The number of hydrogen-bond acceptors (Lipinski definition) is 4. The van der Waals surface area contributed by atoms with E-state index in [9.17, 15) is 18.4 Å². The van der Waals surface area contributed by atoms with Crippen LogP contribution in [0.2, 0.25) is 0 Å². The van der Waals surface area contributed by atoms with Crippen molar-refractivity contribution in [2.75, 3.05) is 12.9 Å². The lowest BCUT2D eigenvalue weighted by Gasteiger charge is -2.18. The molecule has 0 radical (unpaired) electrons. The number of halogens is 2. The Bertz CT molecular complexity index is 538. The van der Waals surface area contributed by atoms with Crippen molar-refractivity contribution in [3.05, 3.63) is 29.8 Å². The SMILES string of the molecule is COC(=O)[C@H](CC(C)C)NC(=O)CSc1cc(F)ccc1F. The van der Waals surface area contributed by atoms with Crippen LogP contribution in [0.15, 0.2) is 23.1 Å². The molecule has 22 heavy (non-hydrogen) atoms. The van der Waals surface area contributed by atoms with Gasteiger partial charge in [0.15, 0.2) is 0 Å². The van der Waals surface area contributed by atoms with Crippen molar-refractivity contribution in [2.24, 2.45) is 5.92 Å². The summed E-state index contributed by atoms with van der Waals surface area (Å²) in [5.74, 6) is -2.06. The van der Waals surface area contributed by atoms with E-state index in [1.165, 1.54) is 7.11 Å². The molecule has 0 saturated carbocycles. The first-order valence-electron chi connectivity index (χ1n) is 6.78. The summed E-state index contributed by atoms with van der Waals surface area (Å²) in [7, 11) is 1.25. The Hall–Kier alpha value is -1.63. The first-order valence-corrected chi connectivity index (χ1v) is 7.77. The van der Waals surface area contributed by atoms with Gasteiger partial charge in [-0.05, 0) is 30.5 Å². The average molecular weight is 331 g/mol. The Balaban J connectivity index is 2.60. The number of carbonyl (C=O) groups excluding carboxylic acids is 2. The van der Waals surface area contributed by atoms with E-state index in [-0.39, 0.29) is 16.6 Å². The summed E-state index contributed by atoms with van der Waals surface area (Å²) in [5, 5.41) is 2.55. The van der Waals surface area contributed by atoms with Crippen LogP contribution in [-0.4, -0.2) is 30.8 Å². The molecule has 0 aliphatic carbocycles. The molecule has 0 bridgehead atoms. The summed E-state index contributed by atoms with van der Waals surface area (Å²) in [4.78, 5) is 23.5. The Morgan fingerprint density at radius 3 is 2.59 bits per heavy atom. The van der Waals surface area contributed by atoms with E-state index in [4.69, 9.17) is 0 Å². The molecule has 1 aromatic carbocycles. The first kappa shape index (κ1) is 18.4. The largest absolute Gasteiger partial charge is 0.467 e. The summed E-state index contributed by atoms with van der Waals surface area (Å²) in [6.45, 7) is 3.83. The van der Waals surface area contributed by atoms with Crippen molar-refractivity contribution in [1.82, 2.24) is 5.32 Å². The third-order valence-corrected chi connectivity index (χ3v) is 3.81. The van der Waals surface area contributed by atoms with Gasteiger partial charge in [0.1, 0.15) is 17.7 Å². The van der Waals surface area contributed by atoms with Crippen molar-refractivity contribution in [2.45, 2.75) is 31.2 Å². The fourth-order valence-corrected chi connectivity index (χ4v) is 2.57. The van der Waals surface area contributed by atoms with Gasteiger partial charge in [-0.3, -0.25) is 4.79 Å². The van der Waals surface area contributed by atoms with Crippen LogP contribution in [0.3, 0.4) is 0 Å². The summed E-state index contributed by atoms with van der Waals surface area (Å²) in [6.07, 6.45) is 0.442. The fraction of sp³-hybridized carbons (Fsp3) is 0.467. The van der Waals surface area contributed by atoms with Crippen LogP contribution in [0, 0.1) is 17.6 Å². The molecule has 0 aliphatic rings. The third-order valence-electron chi connectivity index (χ3n) is 2.78. The molecule has 0 fully saturated rings. The van der Waals surface area contributed by atoms with Gasteiger partial charge in [0, 0.05) is 4.90 Å². The highest BCUT2D eigenvalue weighted by Crippen LogP contribution is 2.22. The van der Waals surface area contributed by atoms with Crippen LogP contribution in [0.5, 0.6) is 0 Å². The first-order chi connectivity index (χ1) is 10.3. The number of hydrogen-bond donors (Lipinski definition) is 1. The van der Waals surface area contributed by atoms with E-state index < -0.39 is 29.6 Å². The van der Waals surface area contributed by atoms with E-state index in [2.05, 4.69) is 10.1 Å². The molecule has 0 saturated heterocycles. The molecular weight excluding hydrogens is 312 g/mol. The predicted molar refractivity (Wildman–Crippen MR) is 80.5 cm³/mol. The second kappa shape index (κ2) is 8.73. The highest BCUT2D eigenvalue weighted by molar-refractivity contribution is 8.00. The summed E-state index contributed by atoms with van der Waals surface area (Å²) < 4.78 is 31.1. The smallest absolute Gasteiger partial charge is 0.328 e. The van der Waals surface area contributed by atoms with Gasteiger partial charge in [-0.15, -0.1) is 11.8 Å². The highest BCUT2D eigenvalue weighted by Gasteiger charge is 2.22. The number of nitrogens with one attached hydrogen (secondary N) is 1. The summed E-state index contributed by atoms with van der Waals surface area (Å²) in [5.41, 5.74) is 0. The maximum Gasteiger partial charge on any atom is 0.328 e. The Kier molecular flexibility index (Phi) is 7.31.